The van der Waals surface area contributed by atoms with Crippen molar-refractivity contribution in [1.82, 2.24) is 0 Å². The fraction of sp³-hybridized carbons (Fsp3) is 0.412. The quantitative estimate of drug-likeness (QED) is 0.200. The molecule has 0 unspecified atom stereocenters. The lowest BCUT2D eigenvalue weighted by molar-refractivity contribution is -0.475. The third-order valence-corrected chi connectivity index (χ3v) is 4.84. The molecule has 1 aliphatic carbocycles. The fourth-order valence-electron chi connectivity index (χ4n) is 2.93. The normalized spacial score (nSPS) is 23.9. The lowest BCUT2D eigenvalue weighted by Crippen LogP contribution is -2.85. The van der Waals surface area contributed by atoms with Crippen LogP contribution in [0.1, 0.15) is 11.1 Å². The van der Waals surface area contributed by atoms with Gasteiger partial charge < -0.3 is 5.11 Å². The van der Waals surface area contributed by atoms with Crippen LogP contribution in [0.3, 0.4) is 0 Å². The summed E-state index contributed by atoms with van der Waals surface area (Å²) in [6.45, 7) is 6.50. The van der Waals surface area contributed by atoms with Crippen LogP contribution < -0.4 is 0 Å². The van der Waals surface area contributed by atoms with Crippen LogP contribution in [0.5, 0.6) is 0 Å². The highest BCUT2D eigenvalue weighted by Crippen LogP contribution is 2.69. The minimum atomic E-state index is -7.68. The van der Waals surface area contributed by atoms with E-state index in [0.717, 1.165) is 0 Å². The largest absolute Gasteiger partial charge is 0.507 e. The number of nitrogens with zero attached hydrogens (tertiary/aromatic N) is 1. The van der Waals surface area contributed by atoms with Crippen LogP contribution in [0, 0.1) is 12.4 Å². The molecule has 1 fully saturated rings. The van der Waals surface area contributed by atoms with Crippen LogP contribution in [0.15, 0.2) is 18.2 Å². The molecule has 0 amide bonds. The molecule has 0 atom stereocenters. The van der Waals surface area contributed by atoms with Crippen LogP contribution in [-0.2, 0) is 11.0 Å². The van der Waals surface area contributed by atoms with Gasteiger partial charge in [0.2, 0.25) is 11.5 Å². The molecule has 194 valence electrons. The summed E-state index contributed by atoms with van der Waals surface area (Å²) in [7, 11) is 0. The maximum absolute atomic E-state index is 14.6. The standard InChI is InChI=1S/C17H4F15NO2/c1-33-8-3-6(12(20,21)22)5(2-7(8)18)9(34)4-10(35)11(19)13(23,24)15(27,28)17(31,32)16(29,30)14(11,25)26/h2-4,34H/b9-4-. The number of aliphatic hydroxyl groups excluding tert-OH is 1. The van der Waals surface area contributed by atoms with Gasteiger partial charge in [0.25, 0.3) is 0 Å². The molecular weight excluding hydrogens is 535 g/mol. The first-order chi connectivity index (χ1) is 15.4. The second-order valence-corrected chi connectivity index (χ2v) is 6.88. The zero-order chi connectivity index (χ0) is 27.8. The van der Waals surface area contributed by atoms with Crippen molar-refractivity contribution in [2.45, 2.75) is 41.5 Å². The second-order valence-electron chi connectivity index (χ2n) is 6.88. The molecule has 0 spiro atoms. The monoisotopic (exact) mass is 539 g/mol. The fourth-order valence-corrected chi connectivity index (χ4v) is 2.93. The molecule has 1 N–H and O–H groups in total. The molecule has 1 saturated carbocycles. The first-order valence-electron chi connectivity index (χ1n) is 8.19. The third-order valence-electron chi connectivity index (χ3n) is 4.84. The van der Waals surface area contributed by atoms with Crippen LogP contribution in [0.4, 0.5) is 71.5 Å². The smallest absolute Gasteiger partial charge is 0.415 e. The van der Waals surface area contributed by atoms with Gasteiger partial charge in [-0.3, -0.25) is 4.79 Å². The predicted octanol–water partition coefficient (Wildman–Crippen LogP) is 6.76. The molecule has 0 heterocycles. The van der Waals surface area contributed by atoms with E-state index in [-0.39, 0.29) is 6.07 Å². The van der Waals surface area contributed by atoms with Gasteiger partial charge in [0.15, 0.2) is 0 Å². The molecule has 1 aliphatic rings. The topological polar surface area (TPSA) is 41.7 Å². The molecule has 0 saturated heterocycles. The second kappa shape index (κ2) is 7.43. The van der Waals surface area contributed by atoms with Gasteiger partial charge in [0.1, 0.15) is 11.6 Å². The number of benzene rings is 1. The summed E-state index contributed by atoms with van der Waals surface area (Å²) in [5.41, 5.74) is -13.0. The van der Waals surface area contributed by atoms with Crippen LogP contribution in [0.2, 0.25) is 0 Å². The number of halogens is 15. The van der Waals surface area contributed by atoms with E-state index in [9.17, 15) is 75.8 Å². The van der Waals surface area contributed by atoms with Gasteiger partial charge in [-0.05, 0) is 12.1 Å². The SMILES string of the molecule is [C-]#[N+]c1cc(C(F)(F)F)c(/C(O)=C/C(=O)C2(F)C(F)(F)C(F)(F)C(F)(F)C(F)(F)C2(F)F)cc1F. The van der Waals surface area contributed by atoms with Crippen molar-refractivity contribution in [2.24, 2.45) is 0 Å². The predicted molar refractivity (Wildman–Crippen MR) is 81.9 cm³/mol. The Morgan fingerprint density at radius 2 is 1.23 bits per heavy atom. The van der Waals surface area contributed by atoms with Gasteiger partial charge in [-0.15, -0.1) is 0 Å². The van der Waals surface area contributed by atoms with Crippen molar-refractivity contribution in [3.8, 4) is 0 Å². The number of alkyl halides is 14. The Hall–Kier alpha value is -3.13. The number of hydrogen-bond acceptors (Lipinski definition) is 2. The Balaban J connectivity index is 2.84. The lowest BCUT2D eigenvalue weighted by atomic mass is 9.70. The van der Waals surface area contributed by atoms with Crippen molar-refractivity contribution in [2.75, 3.05) is 0 Å². The summed E-state index contributed by atoms with van der Waals surface area (Å²) in [5.74, 6) is -46.8. The summed E-state index contributed by atoms with van der Waals surface area (Å²) in [4.78, 5) is 14.1. The average Bonchev–Trinajstić information content (AvgIpc) is 2.70. The molecule has 35 heavy (non-hydrogen) atoms. The summed E-state index contributed by atoms with van der Waals surface area (Å²) in [6, 6.07) is -0.821. The van der Waals surface area contributed by atoms with Gasteiger partial charge in [0, 0.05) is 11.6 Å². The third kappa shape index (κ3) is 3.26. The molecular formula is C17H4F15NO2. The van der Waals surface area contributed by atoms with E-state index in [0.29, 0.717) is 0 Å². The Morgan fingerprint density at radius 3 is 1.60 bits per heavy atom. The zero-order valence-electron chi connectivity index (χ0n) is 15.7. The van der Waals surface area contributed by atoms with Gasteiger partial charge in [-0.2, -0.15) is 57.1 Å². The molecule has 3 nitrogen and oxygen atoms in total. The molecule has 0 aliphatic heterocycles. The van der Waals surface area contributed by atoms with Gasteiger partial charge in [0.05, 0.1) is 12.1 Å². The number of rotatable bonds is 3. The van der Waals surface area contributed by atoms with Gasteiger partial charge in [-0.1, -0.05) is 0 Å². The maximum atomic E-state index is 14.6. The number of carbonyl (C=O) groups excluding carboxylic acids is 1. The Morgan fingerprint density at radius 1 is 0.829 bits per heavy atom. The molecule has 2 rings (SSSR count). The van der Waals surface area contributed by atoms with Crippen LogP contribution in [-0.4, -0.2) is 46.2 Å². The lowest BCUT2D eigenvalue weighted by Gasteiger charge is -2.51. The molecule has 0 aromatic heterocycles. The Labute approximate surface area is 182 Å². The van der Waals surface area contributed by atoms with E-state index in [1.54, 1.807) is 0 Å². The van der Waals surface area contributed by atoms with E-state index < -0.39 is 87.8 Å². The van der Waals surface area contributed by atoms with E-state index >= 15 is 0 Å². The Bertz CT molecular complexity index is 1110. The minimum Gasteiger partial charge on any atom is -0.507 e. The maximum Gasteiger partial charge on any atom is 0.415 e. The molecule has 0 bridgehead atoms. The average molecular weight is 539 g/mol. The number of allylic oxidation sites excluding steroid dienone is 1. The number of ketones is 1. The van der Waals surface area contributed by atoms with Gasteiger partial charge >= 0.3 is 41.5 Å². The Kier molecular flexibility index (Phi) is 5.97. The summed E-state index contributed by atoms with van der Waals surface area (Å²) in [5, 5.41) is 9.59. The summed E-state index contributed by atoms with van der Waals surface area (Å²) < 4.78 is 203. The molecule has 0 radical (unpaired) electrons. The highest BCUT2D eigenvalue weighted by Gasteiger charge is 3.02. The summed E-state index contributed by atoms with van der Waals surface area (Å²) in [6.07, 6.45) is -7.14. The van der Waals surface area contributed by atoms with E-state index in [1.807, 2.05) is 0 Å². The molecule has 18 heteroatoms. The minimum absolute atomic E-state index is 0.371. The zero-order valence-corrected chi connectivity index (χ0v) is 15.7. The van der Waals surface area contributed by atoms with Crippen molar-refractivity contribution in [3.63, 3.8) is 0 Å². The van der Waals surface area contributed by atoms with Crippen LogP contribution >= 0.6 is 0 Å². The van der Waals surface area contributed by atoms with Crippen molar-refractivity contribution in [1.29, 1.82) is 0 Å². The highest BCUT2D eigenvalue weighted by atomic mass is 19.4. The van der Waals surface area contributed by atoms with Crippen molar-refractivity contribution < 1.29 is 75.8 Å². The van der Waals surface area contributed by atoms with E-state index in [1.165, 1.54) is 0 Å². The summed E-state index contributed by atoms with van der Waals surface area (Å²) >= 11 is 0. The van der Waals surface area contributed by atoms with Crippen LogP contribution in [0.25, 0.3) is 10.6 Å². The highest BCUT2D eigenvalue weighted by molar-refractivity contribution is 6.03. The van der Waals surface area contributed by atoms with E-state index in [4.69, 9.17) is 6.57 Å². The number of hydrogen-bond donors (Lipinski definition) is 1. The van der Waals surface area contributed by atoms with Crippen molar-refractivity contribution in [3.05, 3.63) is 46.6 Å². The number of carbonyl (C=O) groups is 1. The van der Waals surface area contributed by atoms with E-state index in [2.05, 4.69) is 4.85 Å². The van der Waals surface area contributed by atoms with Gasteiger partial charge in [-0.25, -0.2) is 13.6 Å². The molecule has 1 aromatic carbocycles. The van der Waals surface area contributed by atoms with Crippen molar-refractivity contribution >= 4 is 17.2 Å². The molecule has 1 aromatic rings. The number of aliphatic hydroxyl groups is 1. The first-order valence-corrected chi connectivity index (χ1v) is 8.19. The first kappa shape index (κ1) is 28.1.